The Balaban J connectivity index is 1.63. The molecular formula is C23H29ClFN5OP2. The zero-order chi connectivity index (χ0) is 23.7. The van der Waals surface area contributed by atoms with Crippen molar-refractivity contribution >= 4 is 36.2 Å². The van der Waals surface area contributed by atoms with Gasteiger partial charge >= 0.3 is 0 Å². The van der Waals surface area contributed by atoms with Crippen molar-refractivity contribution in [3.05, 3.63) is 58.8 Å². The molecule has 3 heterocycles. The van der Waals surface area contributed by atoms with E-state index in [9.17, 15) is 4.39 Å². The molecule has 33 heavy (non-hydrogen) atoms. The highest BCUT2D eigenvalue weighted by atomic mass is 35.5. The van der Waals surface area contributed by atoms with Crippen LogP contribution < -0.4 is 9.18 Å². The number of pyridine rings is 1. The molecule has 1 aliphatic heterocycles. The molecule has 0 N–H and O–H groups in total. The van der Waals surface area contributed by atoms with Crippen LogP contribution in [0.25, 0.3) is 11.1 Å². The molecule has 3 atom stereocenters. The summed E-state index contributed by atoms with van der Waals surface area (Å²) in [5.74, 6) is 0.727. The normalized spacial score (nSPS) is 16.1. The SMILES string of the molecule is Cc1ccc(F)c(Cl)c1C(C)Oc1cc(-c2cnn(C3CCN(C)CC3)c2)cnc1N(P)P. The first-order chi connectivity index (χ1) is 15.7. The molecule has 3 unspecified atom stereocenters. The molecule has 10 heteroatoms. The largest absolute Gasteiger partial charge is 0.482 e. The number of benzene rings is 1. The Morgan fingerprint density at radius 2 is 1.94 bits per heavy atom. The molecule has 1 fully saturated rings. The quantitative estimate of drug-likeness (QED) is 0.392. The van der Waals surface area contributed by atoms with Gasteiger partial charge in [-0.25, -0.2) is 9.37 Å². The molecule has 0 spiro atoms. The predicted molar refractivity (Wildman–Crippen MR) is 138 cm³/mol. The molecule has 0 radical (unpaired) electrons. The van der Waals surface area contributed by atoms with Crippen LogP contribution in [0.2, 0.25) is 5.02 Å². The zero-order valence-corrected chi connectivity index (χ0v) is 22.1. The first-order valence-corrected chi connectivity index (χ1v) is 12.3. The summed E-state index contributed by atoms with van der Waals surface area (Å²) in [6.45, 7) is 5.90. The fourth-order valence-corrected chi connectivity index (χ4v) is 4.99. The van der Waals surface area contributed by atoms with Crippen molar-refractivity contribution in [3.63, 3.8) is 0 Å². The maximum Gasteiger partial charge on any atom is 0.177 e. The Hall–Kier alpha value is -1.78. The summed E-state index contributed by atoms with van der Waals surface area (Å²) in [6.07, 6.45) is 7.46. The smallest absolute Gasteiger partial charge is 0.177 e. The molecule has 0 amide bonds. The lowest BCUT2D eigenvalue weighted by molar-refractivity contribution is 0.212. The van der Waals surface area contributed by atoms with E-state index in [1.54, 1.807) is 10.5 Å². The lowest BCUT2D eigenvalue weighted by Crippen LogP contribution is -2.31. The summed E-state index contributed by atoms with van der Waals surface area (Å²) in [7, 11) is 7.27. The molecule has 2 aromatic heterocycles. The number of hydrogen-bond donors (Lipinski definition) is 0. The molecule has 4 rings (SSSR count). The standard InChI is InChI=1S/C23H29ClFN5OP2/c1-14-4-5-19(25)22(24)21(14)15(2)31-20-10-16(11-26-23(20)30(32)33)17-12-27-29(13-17)18-6-8-28(3)9-7-18/h4-5,10-13,15,18H,6-9,32-33H2,1-3H3. The van der Waals surface area contributed by atoms with Gasteiger partial charge in [0.25, 0.3) is 0 Å². The van der Waals surface area contributed by atoms with Gasteiger partial charge in [0.15, 0.2) is 11.6 Å². The number of likely N-dealkylation sites (tertiary alicyclic amines) is 1. The van der Waals surface area contributed by atoms with Gasteiger partial charge in [0.05, 0.1) is 17.3 Å². The van der Waals surface area contributed by atoms with E-state index in [0.29, 0.717) is 23.2 Å². The van der Waals surface area contributed by atoms with E-state index in [-0.39, 0.29) is 5.02 Å². The monoisotopic (exact) mass is 507 g/mol. The van der Waals surface area contributed by atoms with Crippen LogP contribution in [0.15, 0.2) is 36.8 Å². The molecule has 1 saturated heterocycles. The highest BCUT2D eigenvalue weighted by molar-refractivity contribution is 7.39. The highest BCUT2D eigenvalue weighted by Gasteiger charge is 2.22. The number of anilines is 1. The summed E-state index contributed by atoms with van der Waals surface area (Å²) in [5.41, 5.74) is 3.37. The first-order valence-electron chi connectivity index (χ1n) is 10.9. The number of nitrogens with zero attached hydrogens (tertiary/aromatic N) is 5. The van der Waals surface area contributed by atoms with E-state index in [4.69, 9.17) is 16.3 Å². The Kier molecular flexibility index (Phi) is 7.55. The molecule has 176 valence electrons. The van der Waals surface area contributed by atoms with E-state index in [1.807, 2.05) is 32.3 Å². The second-order valence-electron chi connectivity index (χ2n) is 8.55. The maximum atomic E-state index is 14.1. The van der Waals surface area contributed by atoms with Crippen LogP contribution in [-0.4, -0.2) is 39.8 Å². The fraction of sp³-hybridized carbons (Fsp3) is 0.391. The maximum absolute atomic E-state index is 14.1. The van der Waals surface area contributed by atoms with Gasteiger partial charge in [-0.05, 0) is 83.3 Å². The van der Waals surface area contributed by atoms with E-state index < -0.39 is 11.9 Å². The Morgan fingerprint density at radius 3 is 2.64 bits per heavy atom. The molecule has 6 nitrogen and oxygen atoms in total. The van der Waals surface area contributed by atoms with Crippen LogP contribution in [0.1, 0.15) is 43.0 Å². The van der Waals surface area contributed by atoms with Crippen molar-refractivity contribution in [1.29, 1.82) is 0 Å². The number of aromatic nitrogens is 3. The molecular weight excluding hydrogens is 479 g/mol. The Bertz CT molecular complexity index is 1130. The van der Waals surface area contributed by atoms with Crippen LogP contribution in [-0.2, 0) is 0 Å². The van der Waals surface area contributed by atoms with Gasteiger partial charge in [-0.2, -0.15) is 5.10 Å². The number of hydrogen-bond acceptors (Lipinski definition) is 5. The lowest BCUT2D eigenvalue weighted by Gasteiger charge is -2.28. The van der Waals surface area contributed by atoms with Gasteiger partial charge in [-0.15, -0.1) is 0 Å². The van der Waals surface area contributed by atoms with Crippen LogP contribution in [0, 0.1) is 12.7 Å². The van der Waals surface area contributed by atoms with E-state index in [1.165, 1.54) is 6.07 Å². The van der Waals surface area contributed by atoms with Crippen LogP contribution in [0.4, 0.5) is 10.2 Å². The zero-order valence-electron chi connectivity index (χ0n) is 19.0. The van der Waals surface area contributed by atoms with Gasteiger partial charge in [0, 0.05) is 29.1 Å². The third-order valence-corrected chi connectivity index (χ3v) is 7.01. The number of rotatable bonds is 6. The topological polar surface area (TPSA) is 46.4 Å². The van der Waals surface area contributed by atoms with Crippen molar-refractivity contribution in [2.75, 3.05) is 24.6 Å². The second kappa shape index (κ2) is 10.2. The fourth-order valence-electron chi connectivity index (χ4n) is 4.23. The summed E-state index contributed by atoms with van der Waals surface area (Å²) >= 11 is 6.27. The summed E-state index contributed by atoms with van der Waals surface area (Å²) in [5, 5.41) is 4.71. The number of ether oxygens (including phenoxy) is 1. The second-order valence-corrected chi connectivity index (χ2v) is 10.6. The summed E-state index contributed by atoms with van der Waals surface area (Å²) < 4.78 is 24.2. The molecule has 1 aromatic carbocycles. The van der Waals surface area contributed by atoms with Gasteiger partial charge in [-0.3, -0.25) is 4.68 Å². The summed E-state index contributed by atoms with van der Waals surface area (Å²) in [6, 6.07) is 5.43. The molecule has 3 aromatic rings. The van der Waals surface area contributed by atoms with Gasteiger partial charge in [0.1, 0.15) is 11.9 Å². The van der Waals surface area contributed by atoms with Crippen LogP contribution >= 0.6 is 30.4 Å². The first kappa shape index (κ1) is 24.3. The van der Waals surface area contributed by atoms with Crippen molar-refractivity contribution in [3.8, 4) is 16.9 Å². The van der Waals surface area contributed by atoms with Crippen molar-refractivity contribution in [2.24, 2.45) is 0 Å². The van der Waals surface area contributed by atoms with Gasteiger partial charge in [-0.1, -0.05) is 17.7 Å². The minimum Gasteiger partial charge on any atom is -0.482 e. The minimum atomic E-state index is -0.471. The van der Waals surface area contributed by atoms with Crippen molar-refractivity contribution in [2.45, 2.75) is 38.8 Å². The molecule has 1 aliphatic rings. The van der Waals surface area contributed by atoms with E-state index in [0.717, 1.165) is 42.6 Å². The van der Waals surface area contributed by atoms with Crippen molar-refractivity contribution in [1.82, 2.24) is 19.7 Å². The molecule has 0 aliphatic carbocycles. The average molecular weight is 508 g/mol. The lowest BCUT2D eigenvalue weighted by atomic mass is 10.0. The highest BCUT2D eigenvalue weighted by Crippen LogP contribution is 2.39. The van der Waals surface area contributed by atoms with E-state index in [2.05, 4.69) is 51.7 Å². The summed E-state index contributed by atoms with van der Waals surface area (Å²) in [4.78, 5) is 6.95. The van der Waals surface area contributed by atoms with Crippen LogP contribution in [0.5, 0.6) is 5.75 Å². The minimum absolute atomic E-state index is 0.0844. The number of piperidine rings is 1. The Labute approximate surface area is 204 Å². The van der Waals surface area contributed by atoms with Crippen LogP contribution in [0.3, 0.4) is 0 Å². The van der Waals surface area contributed by atoms with E-state index >= 15 is 0 Å². The molecule has 0 bridgehead atoms. The van der Waals surface area contributed by atoms with Gasteiger partial charge < -0.3 is 14.1 Å². The predicted octanol–water partition coefficient (Wildman–Crippen LogP) is 5.84. The van der Waals surface area contributed by atoms with Crippen molar-refractivity contribution < 1.29 is 9.13 Å². The molecule has 0 saturated carbocycles. The third kappa shape index (κ3) is 5.33. The number of halogens is 2. The Morgan fingerprint density at radius 1 is 1.21 bits per heavy atom. The van der Waals surface area contributed by atoms with Gasteiger partial charge in [0.2, 0.25) is 0 Å². The average Bonchev–Trinajstić information content (AvgIpc) is 3.27. The number of aryl methyl sites for hydroxylation is 1. The third-order valence-electron chi connectivity index (χ3n) is 6.14.